The molecule has 0 saturated carbocycles. The second-order valence-electron chi connectivity index (χ2n) is 6.15. The number of thiophene rings is 1. The lowest BCUT2D eigenvalue weighted by Gasteiger charge is -2.16. The number of halogens is 2. The van der Waals surface area contributed by atoms with Crippen LogP contribution in [0.25, 0.3) is 10.6 Å². The lowest BCUT2D eigenvalue weighted by Crippen LogP contribution is -2.37. The summed E-state index contributed by atoms with van der Waals surface area (Å²) in [5.74, 6) is 0.0156. The van der Waals surface area contributed by atoms with Crippen LogP contribution in [-0.2, 0) is 0 Å². The van der Waals surface area contributed by atoms with E-state index in [1.54, 1.807) is 11.3 Å². The van der Waals surface area contributed by atoms with E-state index in [4.69, 9.17) is 11.6 Å². The Morgan fingerprint density at radius 1 is 1.38 bits per heavy atom. The number of rotatable bonds is 4. The molecule has 1 amide bonds. The van der Waals surface area contributed by atoms with Gasteiger partial charge in [-0.1, -0.05) is 17.7 Å². The number of nitrogens with one attached hydrogen (secondary N) is 2. The first-order chi connectivity index (χ1) is 12.6. The zero-order valence-corrected chi connectivity index (χ0v) is 15.3. The Hall–Kier alpha value is -2.38. The highest BCUT2D eigenvalue weighted by atomic mass is 35.5. The molecule has 3 heterocycles. The first-order valence-corrected chi connectivity index (χ1v) is 9.46. The minimum absolute atomic E-state index is 0.0382. The number of aromatic nitrogens is 2. The molecule has 0 unspecified atom stereocenters. The van der Waals surface area contributed by atoms with Crippen molar-refractivity contribution in [3.05, 3.63) is 58.2 Å². The summed E-state index contributed by atoms with van der Waals surface area (Å²) < 4.78 is 13.4. The predicted octanol–water partition coefficient (Wildman–Crippen LogP) is 3.94. The van der Waals surface area contributed by atoms with Gasteiger partial charge in [-0.05, 0) is 36.1 Å². The summed E-state index contributed by atoms with van der Waals surface area (Å²) in [6, 6.07) is 9.80. The Balaban J connectivity index is 1.41. The van der Waals surface area contributed by atoms with Crippen molar-refractivity contribution < 1.29 is 9.18 Å². The third kappa shape index (κ3) is 3.45. The van der Waals surface area contributed by atoms with Crippen LogP contribution in [-0.4, -0.2) is 35.2 Å². The van der Waals surface area contributed by atoms with E-state index in [9.17, 15) is 9.18 Å². The largest absolute Gasteiger partial charge is 0.353 e. The monoisotopic (exact) mass is 390 g/mol. The van der Waals surface area contributed by atoms with Gasteiger partial charge in [0.2, 0.25) is 0 Å². The summed E-state index contributed by atoms with van der Waals surface area (Å²) in [5, 5.41) is 12.6. The van der Waals surface area contributed by atoms with E-state index >= 15 is 0 Å². The molecule has 0 aliphatic carbocycles. The van der Waals surface area contributed by atoms with E-state index in [1.165, 1.54) is 12.1 Å². The Morgan fingerprint density at radius 3 is 3.08 bits per heavy atom. The van der Waals surface area contributed by atoms with Crippen molar-refractivity contribution in [2.45, 2.75) is 12.5 Å². The summed E-state index contributed by atoms with van der Waals surface area (Å²) >= 11 is 7.65. The van der Waals surface area contributed by atoms with Gasteiger partial charge >= 0.3 is 0 Å². The summed E-state index contributed by atoms with van der Waals surface area (Å²) in [4.78, 5) is 15.6. The van der Waals surface area contributed by atoms with Crippen molar-refractivity contribution in [1.82, 2.24) is 15.5 Å². The van der Waals surface area contributed by atoms with Crippen LogP contribution in [0.3, 0.4) is 0 Å². The molecule has 4 rings (SSSR count). The van der Waals surface area contributed by atoms with Crippen LogP contribution in [0.15, 0.2) is 41.8 Å². The molecule has 8 heteroatoms. The van der Waals surface area contributed by atoms with Gasteiger partial charge in [0.1, 0.15) is 5.82 Å². The van der Waals surface area contributed by atoms with Gasteiger partial charge in [0.15, 0.2) is 5.82 Å². The van der Waals surface area contributed by atoms with Crippen molar-refractivity contribution in [1.29, 1.82) is 0 Å². The van der Waals surface area contributed by atoms with E-state index in [0.717, 1.165) is 35.4 Å². The average Bonchev–Trinajstić information content (AvgIpc) is 3.37. The van der Waals surface area contributed by atoms with Crippen LogP contribution in [0.1, 0.15) is 16.8 Å². The molecule has 2 N–H and O–H groups in total. The van der Waals surface area contributed by atoms with Crippen LogP contribution in [0, 0.1) is 5.82 Å². The molecule has 1 saturated heterocycles. The topological polar surface area (TPSA) is 61.0 Å². The molecule has 1 atom stereocenters. The second-order valence-corrected chi connectivity index (χ2v) is 7.50. The third-order valence-electron chi connectivity index (χ3n) is 4.37. The zero-order chi connectivity index (χ0) is 18.1. The minimum atomic E-state index is -0.481. The molecule has 134 valence electrons. The first kappa shape index (κ1) is 17.1. The fraction of sp³-hybridized carbons (Fsp3) is 0.222. The summed E-state index contributed by atoms with van der Waals surface area (Å²) in [7, 11) is 0. The van der Waals surface area contributed by atoms with Gasteiger partial charge in [0, 0.05) is 25.2 Å². The highest BCUT2D eigenvalue weighted by Crippen LogP contribution is 2.27. The number of H-pyrrole nitrogens is 1. The van der Waals surface area contributed by atoms with Gasteiger partial charge < -0.3 is 10.2 Å². The van der Waals surface area contributed by atoms with Gasteiger partial charge in [0.25, 0.3) is 5.91 Å². The van der Waals surface area contributed by atoms with Crippen molar-refractivity contribution in [2.75, 3.05) is 18.0 Å². The lowest BCUT2D eigenvalue weighted by molar-refractivity contribution is 0.0940. The Kier molecular flexibility index (Phi) is 4.65. The number of nitrogens with zero attached hydrogens (tertiary/aromatic N) is 2. The molecule has 0 bridgehead atoms. The maximum Gasteiger partial charge on any atom is 0.253 e. The Bertz CT molecular complexity index is 927. The van der Waals surface area contributed by atoms with E-state index in [1.807, 2.05) is 23.6 Å². The van der Waals surface area contributed by atoms with Crippen LogP contribution >= 0.6 is 22.9 Å². The molecule has 5 nitrogen and oxygen atoms in total. The molecule has 0 radical (unpaired) electrons. The normalized spacial score (nSPS) is 16.8. The number of hydrogen-bond acceptors (Lipinski definition) is 4. The number of benzene rings is 1. The Labute approximate surface area is 158 Å². The van der Waals surface area contributed by atoms with Gasteiger partial charge in [-0.25, -0.2) is 4.39 Å². The predicted molar refractivity (Wildman–Crippen MR) is 101 cm³/mol. The van der Waals surface area contributed by atoms with Crippen molar-refractivity contribution in [2.24, 2.45) is 0 Å². The molecular formula is C18H16ClFN4OS. The van der Waals surface area contributed by atoms with Crippen molar-refractivity contribution in [3.8, 4) is 10.6 Å². The summed E-state index contributed by atoms with van der Waals surface area (Å²) in [6.45, 7) is 1.43. The lowest BCUT2D eigenvalue weighted by atomic mass is 10.2. The fourth-order valence-electron chi connectivity index (χ4n) is 3.05. The highest BCUT2D eigenvalue weighted by Gasteiger charge is 2.26. The third-order valence-corrected chi connectivity index (χ3v) is 5.60. The van der Waals surface area contributed by atoms with Gasteiger partial charge in [-0.3, -0.25) is 9.89 Å². The van der Waals surface area contributed by atoms with Crippen LogP contribution < -0.4 is 10.2 Å². The molecule has 1 fully saturated rings. The number of aromatic amines is 1. The SMILES string of the molecule is O=C(N[C@@H]1CCN(c2cc(-c3cccs3)[nH]n2)C1)c1cc(F)ccc1Cl. The highest BCUT2D eigenvalue weighted by molar-refractivity contribution is 7.13. The Morgan fingerprint density at radius 2 is 2.27 bits per heavy atom. The fourth-order valence-corrected chi connectivity index (χ4v) is 3.95. The number of amides is 1. The smallest absolute Gasteiger partial charge is 0.253 e. The first-order valence-electron chi connectivity index (χ1n) is 8.20. The van der Waals surface area contributed by atoms with E-state index in [0.29, 0.717) is 6.54 Å². The average molecular weight is 391 g/mol. The number of anilines is 1. The molecule has 26 heavy (non-hydrogen) atoms. The zero-order valence-electron chi connectivity index (χ0n) is 13.7. The maximum atomic E-state index is 13.4. The minimum Gasteiger partial charge on any atom is -0.353 e. The van der Waals surface area contributed by atoms with Crippen molar-refractivity contribution >= 4 is 34.7 Å². The van der Waals surface area contributed by atoms with Crippen LogP contribution in [0.4, 0.5) is 10.2 Å². The quantitative estimate of drug-likeness (QED) is 0.709. The van der Waals surface area contributed by atoms with Crippen molar-refractivity contribution in [3.63, 3.8) is 0 Å². The second kappa shape index (κ2) is 7.09. The van der Waals surface area contributed by atoms with E-state index in [2.05, 4.69) is 20.4 Å². The van der Waals surface area contributed by atoms with Gasteiger partial charge in [-0.2, -0.15) is 5.10 Å². The molecule has 1 aliphatic heterocycles. The van der Waals surface area contributed by atoms with Crippen LogP contribution in [0.2, 0.25) is 5.02 Å². The summed E-state index contributed by atoms with van der Waals surface area (Å²) in [6.07, 6.45) is 0.792. The summed E-state index contributed by atoms with van der Waals surface area (Å²) in [5.41, 5.74) is 1.14. The molecule has 3 aromatic rings. The standard InChI is InChI=1S/C18H16ClFN4OS/c19-14-4-3-11(20)8-13(14)18(25)21-12-5-6-24(10-12)17-9-15(22-23-17)16-2-1-7-26-16/h1-4,7-9,12H,5-6,10H2,(H,21,25)(H,22,23)/t12-/m1/s1. The molecule has 0 spiro atoms. The van der Waals surface area contributed by atoms with Crippen LogP contribution in [0.5, 0.6) is 0 Å². The molecule has 2 aromatic heterocycles. The number of carbonyl (C=O) groups is 1. The van der Waals surface area contributed by atoms with E-state index in [-0.39, 0.29) is 22.5 Å². The molecular weight excluding hydrogens is 375 g/mol. The maximum absolute atomic E-state index is 13.4. The van der Waals surface area contributed by atoms with E-state index < -0.39 is 5.82 Å². The number of carbonyl (C=O) groups excluding carboxylic acids is 1. The number of hydrogen-bond donors (Lipinski definition) is 2. The van der Waals surface area contributed by atoms with Gasteiger partial charge in [0.05, 0.1) is 21.2 Å². The van der Waals surface area contributed by atoms with Gasteiger partial charge in [-0.15, -0.1) is 11.3 Å². The molecule has 1 aliphatic rings. The molecule has 1 aromatic carbocycles.